The van der Waals surface area contributed by atoms with Crippen LogP contribution in [0.25, 0.3) is 22.6 Å². The fraction of sp³-hybridized carbons (Fsp3) is 0.0909. The minimum absolute atomic E-state index is 0.00353. The lowest BCUT2D eigenvalue weighted by atomic mass is 10.2. The molecule has 8 heteroatoms. The summed E-state index contributed by atoms with van der Waals surface area (Å²) >= 11 is 13.3. The van der Waals surface area contributed by atoms with E-state index < -0.39 is 0 Å². The Kier molecular flexibility index (Phi) is 6.13. The third-order valence-electron chi connectivity index (χ3n) is 4.31. The molecule has 1 N–H and O–H groups in total. The van der Waals surface area contributed by atoms with Crippen molar-refractivity contribution in [3.05, 3.63) is 68.1 Å². The summed E-state index contributed by atoms with van der Waals surface area (Å²) in [7, 11) is 0. The first-order valence-electron chi connectivity index (χ1n) is 9.01. The van der Waals surface area contributed by atoms with Crippen LogP contribution in [0.5, 0.6) is 11.5 Å². The molecule has 3 aromatic carbocycles. The summed E-state index contributed by atoms with van der Waals surface area (Å²) in [5.41, 5.74) is 3.19. The lowest BCUT2D eigenvalue weighted by molar-refractivity contribution is 0.317. The van der Waals surface area contributed by atoms with Gasteiger partial charge in [0.15, 0.2) is 17.1 Å². The van der Waals surface area contributed by atoms with Gasteiger partial charge in [-0.3, -0.25) is 4.99 Å². The number of phenolic OH excluding ortho intramolecular Hbond substituents is 1. The molecule has 30 heavy (non-hydrogen) atoms. The summed E-state index contributed by atoms with van der Waals surface area (Å²) in [6, 6.07) is 14.5. The predicted molar refractivity (Wildman–Crippen MR) is 126 cm³/mol. The maximum Gasteiger partial charge on any atom is 0.228 e. The van der Waals surface area contributed by atoms with E-state index in [1.807, 2.05) is 31.2 Å². The third-order valence-corrected chi connectivity index (χ3v) is 6.65. The van der Waals surface area contributed by atoms with E-state index in [9.17, 15) is 5.11 Å². The van der Waals surface area contributed by atoms with Crippen LogP contribution in [0.4, 0.5) is 5.69 Å². The monoisotopic (exact) mass is 548 g/mol. The second kappa shape index (κ2) is 8.79. The van der Waals surface area contributed by atoms with Crippen LogP contribution in [0.2, 0.25) is 5.02 Å². The van der Waals surface area contributed by atoms with E-state index >= 15 is 0 Å². The molecule has 0 unspecified atom stereocenters. The molecule has 0 aliphatic heterocycles. The first-order valence-corrected chi connectivity index (χ1v) is 11.0. The molecule has 0 atom stereocenters. The van der Waals surface area contributed by atoms with Crippen molar-refractivity contribution in [1.82, 2.24) is 4.98 Å². The van der Waals surface area contributed by atoms with Crippen molar-refractivity contribution in [2.45, 2.75) is 6.92 Å². The van der Waals surface area contributed by atoms with E-state index in [1.54, 1.807) is 30.5 Å². The highest BCUT2D eigenvalue weighted by atomic mass is 79.9. The van der Waals surface area contributed by atoms with Gasteiger partial charge in [-0.05, 0) is 75.2 Å². The summed E-state index contributed by atoms with van der Waals surface area (Å²) in [5, 5.41) is 11.1. The maximum absolute atomic E-state index is 10.5. The Hall–Kier alpha value is -2.35. The van der Waals surface area contributed by atoms with Gasteiger partial charge in [0.2, 0.25) is 5.89 Å². The predicted octanol–water partition coefficient (Wildman–Crippen LogP) is 7.53. The molecule has 0 aliphatic carbocycles. The van der Waals surface area contributed by atoms with Crippen molar-refractivity contribution in [1.29, 1.82) is 0 Å². The second-order valence-corrected chi connectivity index (χ2v) is 8.33. The SMILES string of the molecule is CCOc1cc(Br)c(Br)c(C=Nc2ccc(Cl)c(-c3nc4ccccc4o3)c2)c1O. The van der Waals surface area contributed by atoms with Crippen LogP contribution in [-0.2, 0) is 0 Å². The first kappa shape index (κ1) is 20.9. The third kappa shape index (κ3) is 4.10. The van der Waals surface area contributed by atoms with Crippen LogP contribution in [0, 0.1) is 0 Å². The highest BCUT2D eigenvalue weighted by Crippen LogP contribution is 2.40. The Morgan fingerprint density at radius 3 is 2.77 bits per heavy atom. The minimum atomic E-state index is 0.00353. The van der Waals surface area contributed by atoms with Crippen molar-refractivity contribution in [2.75, 3.05) is 6.61 Å². The Bertz CT molecular complexity index is 1240. The second-order valence-electron chi connectivity index (χ2n) is 6.27. The molecule has 152 valence electrons. The Labute approximate surface area is 194 Å². The van der Waals surface area contributed by atoms with Crippen molar-refractivity contribution in [3.63, 3.8) is 0 Å². The van der Waals surface area contributed by atoms with E-state index in [-0.39, 0.29) is 5.75 Å². The molecule has 4 aromatic rings. The molecule has 5 nitrogen and oxygen atoms in total. The van der Waals surface area contributed by atoms with Crippen LogP contribution in [-0.4, -0.2) is 22.9 Å². The molecule has 0 radical (unpaired) electrons. The van der Waals surface area contributed by atoms with Crippen molar-refractivity contribution in [2.24, 2.45) is 4.99 Å². The van der Waals surface area contributed by atoms with Gasteiger partial charge in [-0.15, -0.1) is 0 Å². The Morgan fingerprint density at radius 2 is 2.00 bits per heavy atom. The number of halogens is 3. The number of hydrogen-bond acceptors (Lipinski definition) is 5. The summed E-state index contributed by atoms with van der Waals surface area (Å²) < 4.78 is 12.7. The number of ether oxygens (including phenoxy) is 1. The number of para-hydroxylation sites is 2. The number of aromatic hydroxyl groups is 1. The maximum atomic E-state index is 10.5. The van der Waals surface area contributed by atoms with E-state index in [1.165, 1.54) is 0 Å². The van der Waals surface area contributed by atoms with Gasteiger partial charge in [-0.1, -0.05) is 23.7 Å². The average Bonchev–Trinajstić information content (AvgIpc) is 3.17. The summed E-state index contributed by atoms with van der Waals surface area (Å²) in [4.78, 5) is 9.00. The lowest BCUT2D eigenvalue weighted by Crippen LogP contribution is -1.95. The van der Waals surface area contributed by atoms with Gasteiger partial charge in [-0.25, -0.2) is 4.98 Å². The number of benzene rings is 3. The number of fused-ring (bicyclic) bond motifs is 1. The normalized spacial score (nSPS) is 11.5. The number of oxazole rings is 1. The summed E-state index contributed by atoms with van der Waals surface area (Å²) in [6.07, 6.45) is 1.56. The van der Waals surface area contributed by atoms with Gasteiger partial charge in [0, 0.05) is 15.2 Å². The van der Waals surface area contributed by atoms with E-state index in [0.717, 1.165) is 9.99 Å². The van der Waals surface area contributed by atoms with Gasteiger partial charge in [0.05, 0.1) is 28.4 Å². The van der Waals surface area contributed by atoms with Gasteiger partial charge in [0.1, 0.15) is 5.52 Å². The fourth-order valence-corrected chi connectivity index (χ4v) is 3.90. The molecule has 0 amide bonds. The average molecular weight is 551 g/mol. The number of rotatable bonds is 5. The van der Waals surface area contributed by atoms with Crippen molar-refractivity contribution in [3.8, 4) is 23.0 Å². The number of phenols is 1. The molecule has 0 spiro atoms. The number of nitrogens with zero attached hydrogens (tertiary/aromatic N) is 2. The molecule has 1 heterocycles. The molecule has 0 saturated heterocycles. The molecule has 0 fully saturated rings. The highest BCUT2D eigenvalue weighted by Gasteiger charge is 2.15. The summed E-state index contributed by atoms with van der Waals surface area (Å²) in [6.45, 7) is 2.29. The van der Waals surface area contributed by atoms with Crippen LogP contribution >= 0.6 is 43.5 Å². The quantitative estimate of drug-likeness (QED) is 0.261. The molecular formula is C22H15Br2ClN2O3. The van der Waals surface area contributed by atoms with Gasteiger partial charge < -0.3 is 14.3 Å². The molecule has 0 saturated carbocycles. The molecule has 0 bridgehead atoms. The Morgan fingerprint density at radius 1 is 1.20 bits per heavy atom. The van der Waals surface area contributed by atoms with Crippen LogP contribution in [0.15, 0.2) is 66.9 Å². The Balaban J connectivity index is 1.73. The lowest BCUT2D eigenvalue weighted by Gasteiger charge is -2.11. The highest BCUT2D eigenvalue weighted by molar-refractivity contribution is 9.13. The number of hydrogen-bond donors (Lipinski definition) is 1. The smallest absolute Gasteiger partial charge is 0.228 e. The molecule has 4 rings (SSSR count). The number of aliphatic imine (C=N–C) groups is 1. The van der Waals surface area contributed by atoms with Crippen LogP contribution in [0.3, 0.4) is 0 Å². The van der Waals surface area contributed by atoms with Gasteiger partial charge in [-0.2, -0.15) is 0 Å². The standard InChI is InChI=1S/C22H15Br2ClN2O3/c1-2-29-19-10-15(23)20(24)14(21(19)28)11-26-12-7-8-16(25)13(9-12)22-27-17-5-3-4-6-18(17)30-22/h3-11,28H,2H2,1H3. The van der Waals surface area contributed by atoms with Gasteiger partial charge >= 0.3 is 0 Å². The van der Waals surface area contributed by atoms with Crippen molar-refractivity contribution < 1.29 is 14.3 Å². The number of aromatic nitrogens is 1. The van der Waals surface area contributed by atoms with Gasteiger partial charge in [0.25, 0.3) is 0 Å². The zero-order chi connectivity index (χ0) is 21.3. The first-order chi connectivity index (χ1) is 14.5. The topological polar surface area (TPSA) is 67.9 Å². The van der Waals surface area contributed by atoms with Crippen molar-refractivity contribution >= 4 is 66.5 Å². The van der Waals surface area contributed by atoms with Crippen LogP contribution < -0.4 is 4.74 Å². The zero-order valence-corrected chi connectivity index (χ0v) is 19.6. The van der Waals surface area contributed by atoms with E-state index in [4.69, 9.17) is 20.8 Å². The molecule has 1 aromatic heterocycles. The van der Waals surface area contributed by atoms with E-state index in [2.05, 4.69) is 41.8 Å². The van der Waals surface area contributed by atoms with Crippen LogP contribution in [0.1, 0.15) is 12.5 Å². The summed E-state index contributed by atoms with van der Waals surface area (Å²) in [5.74, 6) is 0.796. The zero-order valence-electron chi connectivity index (χ0n) is 15.7. The molecular weight excluding hydrogens is 536 g/mol. The minimum Gasteiger partial charge on any atom is -0.504 e. The molecule has 0 aliphatic rings. The van der Waals surface area contributed by atoms with E-state index in [0.29, 0.717) is 50.1 Å². The fourth-order valence-electron chi connectivity index (χ4n) is 2.88. The largest absolute Gasteiger partial charge is 0.504 e.